The van der Waals surface area contributed by atoms with Crippen LogP contribution in [0.15, 0.2) is 84.4 Å². The number of piperidine rings is 1. The molecule has 0 spiro atoms. The van der Waals surface area contributed by atoms with E-state index in [1.807, 2.05) is 29.6 Å². The van der Waals surface area contributed by atoms with Crippen LogP contribution in [0.2, 0.25) is 0 Å². The molecule has 1 amide bonds. The Bertz CT molecular complexity index is 1560. The fourth-order valence-electron chi connectivity index (χ4n) is 4.74. The first-order valence-corrected chi connectivity index (χ1v) is 16.3. The van der Waals surface area contributed by atoms with Gasteiger partial charge in [-0.05, 0) is 92.2 Å². The molecule has 0 aliphatic carbocycles. The number of hydrogen-bond acceptors (Lipinski definition) is 8. The third kappa shape index (κ3) is 8.58. The highest BCUT2D eigenvalue weighted by Crippen LogP contribution is 2.25. The zero-order valence-corrected chi connectivity index (χ0v) is 24.6. The number of aromatic nitrogens is 1. The molecule has 3 N–H and O–H groups in total. The average molecular weight is 610 g/mol. The summed E-state index contributed by atoms with van der Waals surface area (Å²) in [6, 6.07) is 19.9. The predicted molar refractivity (Wildman–Crippen MR) is 163 cm³/mol. The van der Waals surface area contributed by atoms with Crippen LogP contribution < -0.4 is 20.1 Å². The van der Waals surface area contributed by atoms with Gasteiger partial charge >= 0.3 is 0 Å². The monoisotopic (exact) mass is 609 g/mol. The maximum Gasteiger partial charge on any atom is 0.248 e. The molecule has 1 saturated heterocycles. The van der Waals surface area contributed by atoms with Crippen molar-refractivity contribution in [1.29, 1.82) is 0 Å². The van der Waals surface area contributed by atoms with Crippen molar-refractivity contribution in [3.05, 3.63) is 101 Å². The van der Waals surface area contributed by atoms with E-state index in [0.717, 1.165) is 38.7 Å². The second kappa shape index (κ2) is 13.4. The first-order chi connectivity index (χ1) is 20.2. The largest absolute Gasteiger partial charge is 0.457 e. The van der Waals surface area contributed by atoms with E-state index in [1.54, 1.807) is 42.6 Å². The molecule has 2 heterocycles. The highest BCUT2D eigenvalue weighted by Gasteiger charge is 2.28. The molecule has 0 radical (unpaired) electrons. The third-order valence-electron chi connectivity index (χ3n) is 6.79. The summed E-state index contributed by atoms with van der Waals surface area (Å²) in [5.41, 5.74) is 2.18. The van der Waals surface area contributed by atoms with Crippen LogP contribution in [-0.4, -0.2) is 49.6 Å². The van der Waals surface area contributed by atoms with E-state index in [-0.39, 0.29) is 17.8 Å². The molecular formula is C30H32FN5O4S2. The molecule has 1 unspecified atom stereocenters. The van der Waals surface area contributed by atoms with E-state index in [4.69, 9.17) is 4.74 Å². The molecule has 0 bridgehead atoms. The van der Waals surface area contributed by atoms with E-state index < -0.39 is 16.1 Å². The quantitative estimate of drug-likeness (QED) is 0.209. The maximum absolute atomic E-state index is 13.3. The van der Waals surface area contributed by atoms with Crippen LogP contribution in [0.5, 0.6) is 11.5 Å². The number of ether oxygens (including phenoxy) is 1. The van der Waals surface area contributed by atoms with Crippen LogP contribution in [-0.2, 0) is 21.4 Å². The van der Waals surface area contributed by atoms with Gasteiger partial charge in [0.25, 0.3) is 0 Å². The van der Waals surface area contributed by atoms with Gasteiger partial charge in [-0.15, -0.1) is 11.3 Å². The lowest BCUT2D eigenvalue weighted by molar-refractivity contribution is -0.118. The van der Waals surface area contributed by atoms with Gasteiger partial charge in [-0.25, -0.2) is 17.8 Å². The number of nitrogens with one attached hydrogen (secondary N) is 3. The summed E-state index contributed by atoms with van der Waals surface area (Å²) in [5, 5.41) is 8.92. The van der Waals surface area contributed by atoms with Gasteiger partial charge in [0.15, 0.2) is 0 Å². The van der Waals surface area contributed by atoms with Gasteiger partial charge in [0.2, 0.25) is 15.9 Å². The van der Waals surface area contributed by atoms with Crippen LogP contribution in [0.1, 0.15) is 29.5 Å². The topological polar surface area (TPSA) is 113 Å². The molecule has 1 atom stereocenters. The van der Waals surface area contributed by atoms with E-state index in [1.165, 1.54) is 29.0 Å². The number of benzene rings is 3. The van der Waals surface area contributed by atoms with Gasteiger partial charge in [0.05, 0.1) is 6.26 Å². The van der Waals surface area contributed by atoms with Crippen LogP contribution >= 0.6 is 11.3 Å². The number of rotatable bonds is 11. The molecule has 3 aromatic carbocycles. The number of nitrogens with zero attached hydrogens (tertiary/aromatic N) is 2. The Morgan fingerprint density at radius 3 is 2.21 bits per heavy atom. The van der Waals surface area contributed by atoms with Crippen molar-refractivity contribution in [1.82, 2.24) is 15.2 Å². The van der Waals surface area contributed by atoms with Crippen molar-refractivity contribution in [3.63, 3.8) is 0 Å². The molecule has 0 saturated carbocycles. The van der Waals surface area contributed by atoms with Gasteiger partial charge < -0.3 is 10.1 Å². The summed E-state index contributed by atoms with van der Waals surface area (Å²) in [6.45, 7) is 2.57. The zero-order chi connectivity index (χ0) is 29.5. The van der Waals surface area contributed by atoms with Gasteiger partial charge in [-0.1, -0.05) is 12.1 Å². The summed E-state index contributed by atoms with van der Waals surface area (Å²) in [4.78, 5) is 19.9. The summed E-state index contributed by atoms with van der Waals surface area (Å²) >= 11 is 1.43. The second-order valence-electron chi connectivity index (χ2n) is 10.2. The smallest absolute Gasteiger partial charge is 0.248 e. The summed E-state index contributed by atoms with van der Waals surface area (Å²) in [5.74, 6) is 0.728. The van der Waals surface area contributed by atoms with Crippen LogP contribution in [0.4, 0.5) is 15.8 Å². The number of amides is 1. The number of likely N-dealkylation sites (tertiary alicyclic amines) is 1. The first kappa shape index (κ1) is 29.6. The third-order valence-corrected chi connectivity index (χ3v) is 8.23. The number of thiazole rings is 1. The van der Waals surface area contributed by atoms with Gasteiger partial charge in [0.1, 0.15) is 28.4 Å². The summed E-state index contributed by atoms with van der Waals surface area (Å²) in [7, 11) is -3.33. The molecule has 5 rings (SSSR count). The number of hydrogen-bond donors (Lipinski definition) is 3. The van der Waals surface area contributed by atoms with Crippen molar-refractivity contribution in [2.45, 2.75) is 31.5 Å². The SMILES string of the molecule is CS(=O)(=O)Nc1ccc(Oc2ccc(CN3CCC(NC(C(=O)Nc4ccc(F)cc4)c4nccs4)CC3)cc2)cc1. The molecule has 4 aromatic rings. The Labute approximate surface area is 248 Å². The minimum Gasteiger partial charge on any atom is -0.457 e. The number of sulfonamides is 1. The lowest BCUT2D eigenvalue weighted by Crippen LogP contribution is -2.46. The Kier molecular flexibility index (Phi) is 9.48. The lowest BCUT2D eigenvalue weighted by Gasteiger charge is -2.34. The summed E-state index contributed by atoms with van der Waals surface area (Å²) < 4.78 is 44.3. The number of carbonyl (C=O) groups is 1. The maximum atomic E-state index is 13.3. The van der Waals surface area contributed by atoms with Crippen molar-refractivity contribution in [2.75, 3.05) is 29.4 Å². The molecule has 42 heavy (non-hydrogen) atoms. The minimum atomic E-state index is -3.33. The van der Waals surface area contributed by atoms with Crippen LogP contribution in [0, 0.1) is 5.82 Å². The lowest BCUT2D eigenvalue weighted by atomic mass is 10.0. The zero-order valence-electron chi connectivity index (χ0n) is 23.0. The van der Waals surface area contributed by atoms with E-state index in [0.29, 0.717) is 27.9 Å². The molecule has 9 nitrogen and oxygen atoms in total. The predicted octanol–water partition coefficient (Wildman–Crippen LogP) is 5.38. The van der Waals surface area contributed by atoms with Crippen molar-refractivity contribution in [2.24, 2.45) is 0 Å². The molecule has 1 aliphatic heterocycles. The van der Waals surface area contributed by atoms with E-state index >= 15 is 0 Å². The molecule has 1 fully saturated rings. The fraction of sp³-hybridized carbons (Fsp3) is 0.267. The van der Waals surface area contributed by atoms with Gasteiger partial charge in [-0.3, -0.25) is 19.7 Å². The average Bonchev–Trinajstić information content (AvgIpc) is 3.50. The number of anilines is 2. The van der Waals surface area contributed by atoms with E-state index in [9.17, 15) is 17.6 Å². The normalized spacial score (nSPS) is 15.2. The number of carbonyl (C=O) groups excluding carboxylic acids is 1. The molecule has 1 aromatic heterocycles. The van der Waals surface area contributed by atoms with Crippen LogP contribution in [0.3, 0.4) is 0 Å². The number of halogens is 1. The van der Waals surface area contributed by atoms with Crippen LogP contribution in [0.25, 0.3) is 0 Å². The summed E-state index contributed by atoms with van der Waals surface area (Å²) in [6.07, 6.45) is 4.57. The van der Waals surface area contributed by atoms with Crippen molar-refractivity contribution >= 4 is 38.6 Å². The standard InChI is InChI=1S/C30H32FN5O4S2/c1-42(38,39)35-25-8-12-27(13-9-25)40-26-10-2-21(3-11-26)20-36-17-14-24(15-18-36)33-28(30-32-16-19-41-30)29(37)34-23-6-4-22(31)5-7-23/h2-13,16,19,24,28,33,35H,14-15,17-18,20H2,1H3,(H,34,37). The Balaban J connectivity index is 1.11. The van der Waals surface area contributed by atoms with Gasteiger partial charge in [0, 0.05) is 35.5 Å². The molecule has 220 valence electrons. The van der Waals surface area contributed by atoms with Gasteiger partial charge in [-0.2, -0.15) is 0 Å². The van der Waals surface area contributed by atoms with E-state index in [2.05, 4.69) is 25.2 Å². The fourth-order valence-corrected chi connectivity index (χ4v) is 6.00. The highest BCUT2D eigenvalue weighted by atomic mass is 32.2. The van der Waals surface area contributed by atoms with Crippen molar-refractivity contribution < 1.29 is 22.3 Å². The Morgan fingerprint density at radius 2 is 1.62 bits per heavy atom. The highest BCUT2D eigenvalue weighted by molar-refractivity contribution is 7.92. The molecular weight excluding hydrogens is 577 g/mol. The first-order valence-electron chi connectivity index (χ1n) is 13.5. The van der Waals surface area contributed by atoms with Crippen molar-refractivity contribution in [3.8, 4) is 11.5 Å². The molecule has 12 heteroatoms. The Hall–Kier alpha value is -3.84. The second-order valence-corrected chi connectivity index (χ2v) is 12.8. The molecule has 1 aliphatic rings. The Morgan fingerprint density at radius 1 is 1.00 bits per heavy atom. The minimum absolute atomic E-state index is 0.156.